The van der Waals surface area contributed by atoms with Gasteiger partial charge in [0.2, 0.25) is 0 Å². The molecule has 0 saturated carbocycles. The molecule has 2 rings (SSSR count). The molecule has 0 N–H and O–H groups in total. The number of esters is 1. The average molecular weight is 354 g/mol. The zero-order valence-electron chi connectivity index (χ0n) is 12.5. The molecule has 0 bridgehead atoms. The lowest BCUT2D eigenvalue weighted by Gasteiger charge is -2.07. The van der Waals surface area contributed by atoms with E-state index in [0.717, 1.165) is 18.2 Å². The smallest absolute Gasteiger partial charge is 0.338 e. The van der Waals surface area contributed by atoms with Gasteiger partial charge in [0.05, 0.1) is 22.1 Å². The molecule has 23 heavy (non-hydrogen) atoms. The highest BCUT2D eigenvalue weighted by molar-refractivity contribution is 7.90. The first-order valence-electron chi connectivity index (χ1n) is 6.93. The molecule has 0 fully saturated rings. The molecule has 0 spiro atoms. The lowest BCUT2D eigenvalue weighted by Crippen LogP contribution is -2.09. The number of sulfone groups is 1. The van der Waals surface area contributed by atoms with Crippen LogP contribution in [0.1, 0.15) is 22.3 Å². The van der Waals surface area contributed by atoms with Gasteiger partial charge in [0, 0.05) is 18.6 Å². The quantitative estimate of drug-likeness (QED) is 0.589. The van der Waals surface area contributed by atoms with E-state index in [1.54, 1.807) is 12.4 Å². The van der Waals surface area contributed by atoms with E-state index >= 15 is 0 Å². The molecule has 0 amide bonds. The summed E-state index contributed by atoms with van der Waals surface area (Å²) in [7, 11) is -3.50. The van der Waals surface area contributed by atoms with Crippen molar-refractivity contribution in [2.45, 2.75) is 17.7 Å². The lowest BCUT2D eigenvalue weighted by atomic mass is 10.1. The second-order valence-electron chi connectivity index (χ2n) is 5.01. The Morgan fingerprint density at radius 3 is 2.57 bits per heavy atom. The Balaban J connectivity index is 1.94. The van der Waals surface area contributed by atoms with Crippen molar-refractivity contribution in [2.75, 3.05) is 12.9 Å². The Morgan fingerprint density at radius 2 is 1.91 bits per heavy atom. The number of carbonyl (C=O) groups is 1. The zero-order valence-corrected chi connectivity index (χ0v) is 14.1. The van der Waals surface area contributed by atoms with Gasteiger partial charge in [-0.1, -0.05) is 11.6 Å². The third kappa shape index (κ3) is 5.04. The number of hydrogen-bond donors (Lipinski definition) is 0. The molecule has 0 aliphatic carbocycles. The number of carbonyl (C=O) groups excluding carboxylic acids is 1. The van der Waals surface area contributed by atoms with Crippen LogP contribution in [0.2, 0.25) is 5.02 Å². The number of hydrogen-bond acceptors (Lipinski definition) is 5. The van der Waals surface area contributed by atoms with Gasteiger partial charge >= 0.3 is 5.97 Å². The van der Waals surface area contributed by atoms with E-state index in [2.05, 4.69) is 4.98 Å². The summed E-state index contributed by atoms with van der Waals surface area (Å²) in [6, 6.07) is 7.87. The van der Waals surface area contributed by atoms with Gasteiger partial charge in [-0.05, 0) is 48.7 Å². The van der Waals surface area contributed by atoms with Gasteiger partial charge in [-0.3, -0.25) is 4.98 Å². The molecule has 1 aromatic carbocycles. The van der Waals surface area contributed by atoms with Gasteiger partial charge < -0.3 is 4.74 Å². The summed E-state index contributed by atoms with van der Waals surface area (Å²) in [5, 5.41) is 0.0849. The molecule has 0 unspecified atom stereocenters. The van der Waals surface area contributed by atoms with Gasteiger partial charge in [-0.25, -0.2) is 13.2 Å². The van der Waals surface area contributed by atoms with Crippen LogP contribution in [-0.2, 0) is 21.0 Å². The topological polar surface area (TPSA) is 73.3 Å². The van der Waals surface area contributed by atoms with E-state index in [9.17, 15) is 13.2 Å². The maximum absolute atomic E-state index is 12.0. The molecule has 0 atom stereocenters. The highest BCUT2D eigenvalue weighted by atomic mass is 35.5. The van der Waals surface area contributed by atoms with Crippen LogP contribution >= 0.6 is 11.6 Å². The summed E-state index contributed by atoms with van der Waals surface area (Å²) in [4.78, 5) is 15.8. The summed E-state index contributed by atoms with van der Waals surface area (Å²) in [5.41, 5.74) is 1.28. The number of nitrogens with zero attached hydrogens (tertiary/aromatic N) is 1. The van der Waals surface area contributed by atoms with Gasteiger partial charge in [0.25, 0.3) is 0 Å². The summed E-state index contributed by atoms with van der Waals surface area (Å²) in [6.07, 6.45) is 5.90. The van der Waals surface area contributed by atoms with Gasteiger partial charge in [-0.15, -0.1) is 0 Å². The van der Waals surface area contributed by atoms with E-state index in [0.29, 0.717) is 6.42 Å². The van der Waals surface area contributed by atoms with Crippen LogP contribution in [-0.4, -0.2) is 32.2 Å². The highest BCUT2D eigenvalue weighted by Gasteiger charge is 2.16. The second kappa shape index (κ2) is 7.57. The molecule has 0 aliphatic heterocycles. The third-order valence-electron chi connectivity index (χ3n) is 3.16. The number of pyridine rings is 1. The number of aryl methyl sites for hydroxylation is 1. The number of benzene rings is 1. The average Bonchev–Trinajstić information content (AvgIpc) is 2.51. The van der Waals surface area contributed by atoms with Crippen molar-refractivity contribution < 1.29 is 17.9 Å². The Kier molecular flexibility index (Phi) is 5.74. The van der Waals surface area contributed by atoms with Crippen LogP contribution < -0.4 is 0 Å². The first-order valence-corrected chi connectivity index (χ1v) is 9.20. The summed E-state index contributed by atoms with van der Waals surface area (Å²) in [6.45, 7) is 0.248. The minimum atomic E-state index is -3.50. The molecule has 7 heteroatoms. The number of aromatic nitrogens is 1. The largest absolute Gasteiger partial charge is 0.462 e. The Morgan fingerprint density at radius 1 is 1.22 bits per heavy atom. The molecule has 122 valence electrons. The molecule has 1 aromatic heterocycles. The van der Waals surface area contributed by atoms with E-state index in [1.807, 2.05) is 12.1 Å². The Hall–Kier alpha value is -1.92. The third-order valence-corrected chi connectivity index (χ3v) is 4.74. The van der Waals surface area contributed by atoms with Gasteiger partial charge in [-0.2, -0.15) is 0 Å². The van der Waals surface area contributed by atoms with Crippen molar-refractivity contribution in [3.63, 3.8) is 0 Å². The maximum atomic E-state index is 12.0. The second-order valence-corrected chi connectivity index (χ2v) is 7.40. The van der Waals surface area contributed by atoms with Crippen molar-refractivity contribution >= 4 is 27.4 Å². The summed E-state index contributed by atoms with van der Waals surface area (Å²) < 4.78 is 28.4. The molecule has 0 radical (unpaired) electrons. The summed E-state index contributed by atoms with van der Waals surface area (Å²) in [5.74, 6) is -0.568. The molecule has 0 saturated heterocycles. The van der Waals surface area contributed by atoms with Crippen LogP contribution in [0.15, 0.2) is 47.6 Å². The molecule has 0 aliphatic rings. The normalized spacial score (nSPS) is 11.2. The Bertz CT molecular complexity index is 791. The number of rotatable bonds is 6. The lowest BCUT2D eigenvalue weighted by molar-refractivity contribution is 0.0500. The van der Waals surface area contributed by atoms with Crippen molar-refractivity contribution in [3.05, 3.63) is 58.9 Å². The highest BCUT2D eigenvalue weighted by Crippen LogP contribution is 2.23. The molecular formula is C16H16ClNO4S. The number of ether oxygens (including phenoxy) is 1. The van der Waals surface area contributed by atoms with Crippen LogP contribution in [0.3, 0.4) is 0 Å². The summed E-state index contributed by atoms with van der Waals surface area (Å²) >= 11 is 5.84. The fourth-order valence-electron chi connectivity index (χ4n) is 1.99. The van der Waals surface area contributed by atoms with Crippen molar-refractivity contribution in [1.29, 1.82) is 0 Å². The molecular weight excluding hydrogens is 338 g/mol. The maximum Gasteiger partial charge on any atom is 0.338 e. The number of halogens is 1. The van der Waals surface area contributed by atoms with Crippen molar-refractivity contribution in [3.8, 4) is 0 Å². The monoisotopic (exact) mass is 353 g/mol. The van der Waals surface area contributed by atoms with Gasteiger partial charge in [0.1, 0.15) is 0 Å². The van der Waals surface area contributed by atoms with Crippen LogP contribution in [0.5, 0.6) is 0 Å². The Labute approximate surface area is 140 Å². The first kappa shape index (κ1) is 17.4. The minimum Gasteiger partial charge on any atom is -0.462 e. The minimum absolute atomic E-state index is 0.0783. The predicted molar refractivity (Wildman–Crippen MR) is 87.4 cm³/mol. The molecule has 2 aromatic rings. The standard InChI is InChI=1S/C16H16ClNO4S/c1-23(20,21)15-11-13(4-5-14(15)17)16(19)22-10-2-3-12-6-8-18-9-7-12/h4-9,11H,2-3,10H2,1H3. The van der Waals surface area contributed by atoms with Crippen LogP contribution in [0, 0.1) is 0 Å². The molecule has 5 nitrogen and oxygen atoms in total. The van der Waals surface area contributed by atoms with Gasteiger partial charge in [0.15, 0.2) is 9.84 Å². The van der Waals surface area contributed by atoms with Crippen molar-refractivity contribution in [1.82, 2.24) is 4.98 Å². The van der Waals surface area contributed by atoms with E-state index in [1.165, 1.54) is 18.2 Å². The SMILES string of the molecule is CS(=O)(=O)c1cc(C(=O)OCCCc2ccncc2)ccc1Cl. The predicted octanol–water partition coefficient (Wildman–Crippen LogP) is 2.93. The fraction of sp³-hybridized carbons (Fsp3) is 0.250. The van der Waals surface area contributed by atoms with E-state index < -0.39 is 15.8 Å². The fourth-order valence-corrected chi connectivity index (χ4v) is 3.29. The van der Waals surface area contributed by atoms with E-state index in [-0.39, 0.29) is 22.1 Å². The molecule has 1 heterocycles. The van der Waals surface area contributed by atoms with Crippen molar-refractivity contribution in [2.24, 2.45) is 0 Å². The van der Waals surface area contributed by atoms with Crippen LogP contribution in [0.25, 0.3) is 0 Å². The van der Waals surface area contributed by atoms with E-state index in [4.69, 9.17) is 16.3 Å². The zero-order chi connectivity index (χ0) is 16.9. The van der Waals surface area contributed by atoms with Crippen LogP contribution in [0.4, 0.5) is 0 Å². The first-order chi connectivity index (χ1) is 10.9.